The highest BCUT2D eigenvalue weighted by Crippen LogP contribution is 2.20. The van der Waals surface area contributed by atoms with Crippen molar-refractivity contribution < 1.29 is 4.39 Å². The lowest BCUT2D eigenvalue weighted by Crippen LogP contribution is -2.53. The molecule has 4 rings (SSSR count). The van der Waals surface area contributed by atoms with Gasteiger partial charge in [0.05, 0.1) is 12.2 Å². The van der Waals surface area contributed by atoms with Crippen LogP contribution in [0.4, 0.5) is 10.1 Å². The number of aliphatic imine (C=N–C) groups is 1. The molecule has 7 nitrogen and oxygen atoms in total. The number of nitrogens with zero attached hydrogens (tertiary/aromatic N) is 6. The molecule has 0 amide bonds. The third-order valence-corrected chi connectivity index (χ3v) is 6.25. The van der Waals surface area contributed by atoms with Gasteiger partial charge in [0.15, 0.2) is 5.96 Å². The number of halogens is 2. The van der Waals surface area contributed by atoms with E-state index in [1.165, 1.54) is 10.9 Å². The van der Waals surface area contributed by atoms with Crippen LogP contribution in [-0.2, 0) is 19.5 Å². The van der Waals surface area contributed by atoms with Crippen molar-refractivity contribution in [2.24, 2.45) is 4.99 Å². The first-order chi connectivity index (χ1) is 15.2. The Bertz CT molecular complexity index is 984. The number of aryl methyl sites for hydroxylation is 1. The molecule has 1 fully saturated rings. The third-order valence-electron chi connectivity index (χ3n) is 5.38. The van der Waals surface area contributed by atoms with Gasteiger partial charge in [-0.05, 0) is 23.6 Å². The molecule has 0 spiro atoms. The fourth-order valence-corrected chi connectivity index (χ4v) is 4.35. The number of thiophene rings is 1. The van der Waals surface area contributed by atoms with Crippen LogP contribution in [0.1, 0.15) is 17.6 Å². The van der Waals surface area contributed by atoms with Gasteiger partial charge in [-0.1, -0.05) is 25.1 Å². The molecule has 1 saturated heterocycles. The molecule has 0 unspecified atom stereocenters. The van der Waals surface area contributed by atoms with Crippen molar-refractivity contribution >= 4 is 47.0 Å². The van der Waals surface area contributed by atoms with Gasteiger partial charge in [-0.2, -0.15) is 0 Å². The second kappa shape index (κ2) is 12.1. The SMILES string of the molecule is CCc1nncn1CCNC(=NCc1cccs1)N1CCN(c2ccccc2F)CC1.I. The Morgan fingerprint density at radius 2 is 1.97 bits per heavy atom. The van der Waals surface area contributed by atoms with Crippen molar-refractivity contribution in [2.75, 3.05) is 37.6 Å². The zero-order chi connectivity index (χ0) is 21.5. The van der Waals surface area contributed by atoms with Crippen molar-refractivity contribution in [3.8, 4) is 0 Å². The van der Waals surface area contributed by atoms with Gasteiger partial charge >= 0.3 is 0 Å². The first kappa shape index (κ1) is 24.4. The van der Waals surface area contributed by atoms with Gasteiger partial charge in [0.25, 0.3) is 0 Å². The number of rotatable bonds is 7. The predicted molar refractivity (Wildman–Crippen MR) is 138 cm³/mol. The molecule has 1 aromatic carbocycles. The molecule has 2 aromatic heterocycles. The summed E-state index contributed by atoms with van der Waals surface area (Å²) in [7, 11) is 0. The zero-order valence-electron chi connectivity index (χ0n) is 18.2. The molecule has 3 aromatic rings. The highest BCUT2D eigenvalue weighted by molar-refractivity contribution is 14.0. The van der Waals surface area contributed by atoms with Gasteiger partial charge < -0.3 is 19.7 Å². The number of aromatic nitrogens is 3. The van der Waals surface area contributed by atoms with E-state index >= 15 is 0 Å². The van der Waals surface area contributed by atoms with Crippen LogP contribution in [-0.4, -0.2) is 58.3 Å². The van der Waals surface area contributed by atoms with Crippen molar-refractivity contribution in [1.82, 2.24) is 25.0 Å². The number of piperazine rings is 1. The van der Waals surface area contributed by atoms with Crippen molar-refractivity contribution in [3.05, 3.63) is 64.6 Å². The van der Waals surface area contributed by atoms with Crippen LogP contribution in [0.5, 0.6) is 0 Å². The van der Waals surface area contributed by atoms with Crippen LogP contribution >= 0.6 is 35.3 Å². The number of para-hydroxylation sites is 1. The fraction of sp³-hybridized carbons (Fsp3) is 0.409. The summed E-state index contributed by atoms with van der Waals surface area (Å²) >= 11 is 1.71. The molecular weight excluding hydrogens is 540 g/mol. The molecule has 0 saturated carbocycles. The largest absolute Gasteiger partial charge is 0.366 e. The maximum absolute atomic E-state index is 14.2. The van der Waals surface area contributed by atoms with Crippen LogP contribution in [0.25, 0.3) is 0 Å². The summed E-state index contributed by atoms with van der Waals surface area (Å²) in [5.74, 6) is 1.71. The zero-order valence-corrected chi connectivity index (χ0v) is 21.3. The molecule has 32 heavy (non-hydrogen) atoms. The Kier molecular flexibility index (Phi) is 9.27. The maximum Gasteiger partial charge on any atom is 0.194 e. The molecular formula is C22H29FIN7S. The number of guanidine groups is 1. The number of benzene rings is 1. The van der Waals surface area contributed by atoms with Gasteiger partial charge in [0.2, 0.25) is 0 Å². The average Bonchev–Trinajstić information content (AvgIpc) is 3.48. The number of hydrogen-bond acceptors (Lipinski definition) is 5. The summed E-state index contributed by atoms with van der Waals surface area (Å²) in [6.45, 7) is 7.34. The van der Waals surface area contributed by atoms with Crippen molar-refractivity contribution in [1.29, 1.82) is 0 Å². The van der Waals surface area contributed by atoms with Gasteiger partial charge in [0.1, 0.15) is 18.0 Å². The first-order valence-electron chi connectivity index (χ1n) is 10.7. The Balaban J connectivity index is 0.00000289. The average molecular weight is 569 g/mol. The minimum absolute atomic E-state index is 0. The summed E-state index contributed by atoms with van der Waals surface area (Å²) in [5, 5.41) is 13.7. The highest BCUT2D eigenvalue weighted by Gasteiger charge is 2.21. The summed E-state index contributed by atoms with van der Waals surface area (Å²) < 4.78 is 16.2. The normalized spacial score (nSPS) is 14.4. The first-order valence-corrected chi connectivity index (χ1v) is 11.5. The van der Waals surface area contributed by atoms with Crippen molar-refractivity contribution in [2.45, 2.75) is 26.4 Å². The molecule has 0 radical (unpaired) electrons. The molecule has 172 valence electrons. The minimum Gasteiger partial charge on any atom is -0.366 e. The lowest BCUT2D eigenvalue weighted by atomic mass is 10.2. The van der Waals surface area contributed by atoms with E-state index in [1.54, 1.807) is 23.7 Å². The van der Waals surface area contributed by atoms with E-state index in [4.69, 9.17) is 4.99 Å². The number of anilines is 1. The smallest absolute Gasteiger partial charge is 0.194 e. The third kappa shape index (κ3) is 6.18. The van der Waals surface area contributed by atoms with Crippen LogP contribution < -0.4 is 10.2 Å². The fourth-order valence-electron chi connectivity index (χ4n) is 3.72. The monoisotopic (exact) mass is 569 g/mol. The van der Waals surface area contributed by atoms with E-state index in [1.807, 2.05) is 18.2 Å². The van der Waals surface area contributed by atoms with E-state index in [-0.39, 0.29) is 29.8 Å². The van der Waals surface area contributed by atoms with Crippen LogP contribution in [0.2, 0.25) is 0 Å². The lowest BCUT2D eigenvalue weighted by Gasteiger charge is -2.37. The van der Waals surface area contributed by atoms with E-state index in [2.05, 4.69) is 48.3 Å². The summed E-state index contributed by atoms with van der Waals surface area (Å²) in [4.78, 5) is 10.5. The van der Waals surface area contributed by atoms with Gasteiger partial charge in [0, 0.05) is 50.6 Å². The second-order valence-electron chi connectivity index (χ2n) is 7.37. The second-order valence-corrected chi connectivity index (χ2v) is 8.40. The standard InChI is InChI=1S/C22H28FN7S.HI/c1-2-21-27-26-17-30(21)10-9-24-22(25-16-18-6-5-15-31-18)29-13-11-28(12-14-29)20-8-4-3-7-19(20)23;/h3-8,15,17H,2,9-14,16H2,1H3,(H,24,25);1H. The van der Waals surface area contributed by atoms with E-state index in [0.29, 0.717) is 12.2 Å². The van der Waals surface area contributed by atoms with Crippen LogP contribution in [0.15, 0.2) is 53.1 Å². The van der Waals surface area contributed by atoms with E-state index < -0.39 is 0 Å². The van der Waals surface area contributed by atoms with E-state index in [0.717, 1.165) is 57.5 Å². The Labute approximate surface area is 209 Å². The van der Waals surface area contributed by atoms with Crippen molar-refractivity contribution in [3.63, 3.8) is 0 Å². The molecule has 3 heterocycles. The molecule has 0 bridgehead atoms. The van der Waals surface area contributed by atoms with E-state index in [9.17, 15) is 4.39 Å². The summed E-state index contributed by atoms with van der Waals surface area (Å²) in [6, 6.07) is 11.1. The predicted octanol–water partition coefficient (Wildman–Crippen LogP) is 3.63. The molecule has 0 aliphatic carbocycles. The highest BCUT2D eigenvalue weighted by atomic mass is 127. The maximum atomic E-state index is 14.2. The van der Waals surface area contributed by atoms with Crippen LogP contribution in [0.3, 0.4) is 0 Å². The Morgan fingerprint density at radius 3 is 2.69 bits per heavy atom. The Hall–Kier alpha value is -2.21. The molecule has 1 aliphatic heterocycles. The molecule has 1 aliphatic rings. The van der Waals surface area contributed by atoms with Gasteiger partial charge in [-0.15, -0.1) is 45.5 Å². The quantitative estimate of drug-likeness (QED) is 0.268. The summed E-state index contributed by atoms with van der Waals surface area (Å²) in [5.41, 5.74) is 0.673. The molecule has 0 atom stereocenters. The molecule has 1 N–H and O–H groups in total. The van der Waals surface area contributed by atoms with Crippen LogP contribution in [0, 0.1) is 5.82 Å². The number of nitrogens with one attached hydrogen (secondary N) is 1. The molecule has 10 heteroatoms. The van der Waals surface area contributed by atoms with Gasteiger partial charge in [-0.25, -0.2) is 9.38 Å². The topological polar surface area (TPSA) is 61.6 Å². The summed E-state index contributed by atoms with van der Waals surface area (Å²) in [6.07, 6.45) is 2.63. The minimum atomic E-state index is -0.165. The number of hydrogen-bond donors (Lipinski definition) is 1. The lowest BCUT2D eigenvalue weighted by molar-refractivity contribution is 0.369. The van der Waals surface area contributed by atoms with Gasteiger partial charge in [-0.3, -0.25) is 0 Å². The Morgan fingerprint density at radius 1 is 1.16 bits per heavy atom.